The Kier molecular flexibility index (Phi) is 5.63. The lowest BCUT2D eigenvalue weighted by atomic mass is 10.1. The molecule has 0 aromatic heterocycles. The van der Waals surface area contributed by atoms with Crippen molar-refractivity contribution < 1.29 is 23.4 Å². The molecule has 24 heavy (non-hydrogen) atoms. The van der Waals surface area contributed by atoms with Gasteiger partial charge in [-0.2, -0.15) is 0 Å². The van der Waals surface area contributed by atoms with E-state index in [-0.39, 0.29) is 11.7 Å². The monoisotopic (exact) mass is 333 g/mol. The summed E-state index contributed by atoms with van der Waals surface area (Å²) in [5.41, 5.74) is 0.973. The summed E-state index contributed by atoms with van der Waals surface area (Å²) in [7, 11) is 4.37. The molecular weight excluding hydrogens is 313 g/mol. The molecule has 2 aromatic rings. The van der Waals surface area contributed by atoms with Crippen LogP contribution in [0.2, 0.25) is 0 Å². The van der Waals surface area contributed by atoms with Gasteiger partial charge in [-0.25, -0.2) is 4.39 Å². The van der Waals surface area contributed by atoms with Crippen molar-refractivity contribution in [3.8, 4) is 17.2 Å². The minimum absolute atomic E-state index is 0.159. The average Bonchev–Trinajstić information content (AvgIpc) is 2.60. The highest BCUT2D eigenvalue weighted by Gasteiger charge is 2.19. The third kappa shape index (κ3) is 3.59. The van der Waals surface area contributed by atoms with Crippen molar-refractivity contribution in [3.05, 3.63) is 53.3 Å². The Labute approximate surface area is 140 Å². The third-order valence-corrected chi connectivity index (χ3v) is 3.67. The van der Waals surface area contributed by atoms with Crippen molar-refractivity contribution in [3.63, 3.8) is 0 Å². The molecule has 0 aliphatic carbocycles. The summed E-state index contributed by atoms with van der Waals surface area (Å²) in [4.78, 5) is 12.5. The summed E-state index contributed by atoms with van der Waals surface area (Å²) in [6, 6.07) is 9.22. The Morgan fingerprint density at radius 2 is 1.75 bits per heavy atom. The Balaban J connectivity index is 2.22. The molecule has 0 aliphatic heterocycles. The molecule has 0 fully saturated rings. The van der Waals surface area contributed by atoms with Gasteiger partial charge in [-0.15, -0.1) is 0 Å². The number of hydrogen-bond acceptors (Lipinski definition) is 4. The normalized spacial score (nSPS) is 11.5. The second kappa shape index (κ2) is 7.68. The molecule has 0 aliphatic rings. The van der Waals surface area contributed by atoms with E-state index in [1.807, 2.05) is 0 Å². The lowest BCUT2D eigenvalue weighted by Crippen LogP contribution is -2.27. The number of ether oxygens (including phenoxy) is 3. The lowest BCUT2D eigenvalue weighted by Gasteiger charge is -2.17. The molecule has 0 unspecified atom stereocenters. The van der Waals surface area contributed by atoms with Crippen LogP contribution in [0.3, 0.4) is 0 Å². The molecule has 0 heterocycles. The molecule has 1 amide bonds. The maximum Gasteiger partial charge on any atom is 0.255 e. The number of halogens is 1. The van der Waals surface area contributed by atoms with Crippen molar-refractivity contribution >= 4 is 5.91 Å². The SMILES string of the molecule is COc1ccc([C@@H](C)NC(=O)c2cccc(OC)c2OC)cc1F. The van der Waals surface area contributed by atoms with E-state index in [1.54, 1.807) is 31.2 Å². The number of methoxy groups -OCH3 is 3. The summed E-state index contributed by atoms with van der Waals surface area (Å²) >= 11 is 0. The second-order valence-electron chi connectivity index (χ2n) is 5.13. The highest BCUT2D eigenvalue weighted by molar-refractivity contribution is 5.98. The van der Waals surface area contributed by atoms with Gasteiger partial charge in [-0.05, 0) is 36.8 Å². The van der Waals surface area contributed by atoms with Crippen LogP contribution in [0.4, 0.5) is 4.39 Å². The number of amides is 1. The zero-order valence-corrected chi connectivity index (χ0v) is 14.1. The largest absolute Gasteiger partial charge is 0.494 e. The van der Waals surface area contributed by atoms with Crippen LogP contribution >= 0.6 is 0 Å². The number of carbonyl (C=O) groups excluding carboxylic acids is 1. The van der Waals surface area contributed by atoms with Gasteiger partial charge in [0.25, 0.3) is 5.91 Å². The van der Waals surface area contributed by atoms with Gasteiger partial charge in [0, 0.05) is 0 Å². The van der Waals surface area contributed by atoms with Crippen LogP contribution in [-0.2, 0) is 0 Å². The minimum Gasteiger partial charge on any atom is -0.494 e. The van der Waals surface area contributed by atoms with Crippen LogP contribution in [0.25, 0.3) is 0 Å². The first-order valence-electron chi connectivity index (χ1n) is 7.37. The molecule has 2 aromatic carbocycles. The fraction of sp³-hybridized carbons (Fsp3) is 0.278. The standard InChI is InChI=1S/C18H20FNO4/c1-11(12-8-9-15(22-2)14(19)10-12)20-18(21)13-6-5-7-16(23-3)17(13)24-4/h5-11H,1-4H3,(H,20,21)/t11-/m1/s1. The zero-order valence-electron chi connectivity index (χ0n) is 14.1. The van der Waals surface area contributed by atoms with Gasteiger partial charge in [-0.1, -0.05) is 12.1 Å². The van der Waals surface area contributed by atoms with Gasteiger partial charge in [0.15, 0.2) is 23.1 Å². The number of rotatable bonds is 6. The van der Waals surface area contributed by atoms with Crippen LogP contribution in [0.5, 0.6) is 17.2 Å². The molecule has 0 saturated heterocycles. The van der Waals surface area contributed by atoms with E-state index < -0.39 is 11.9 Å². The number of para-hydroxylation sites is 1. The van der Waals surface area contributed by atoms with Gasteiger partial charge in [0.1, 0.15) is 0 Å². The van der Waals surface area contributed by atoms with Gasteiger partial charge >= 0.3 is 0 Å². The van der Waals surface area contributed by atoms with Crippen molar-refractivity contribution in [2.45, 2.75) is 13.0 Å². The molecule has 0 spiro atoms. The summed E-state index contributed by atoms with van der Waals surface area (Å²) < 4.78 is 29.2. The summed E-state index contributed by atoms with van der Waals surface area (Å²) in [6.07, 6.45) is 0. The number of hydrogen-bond donors (Lipinski definition) is 1. The van der Waals surface area contributed by atoms with E-state index in [4.69, 9.17) is 14.2 Å². The van der Waals surface area contributed by atoms with Crippen LogP contribution in [0, 0.1) is 5.82 Å². The summed E-state index contributed by atoms with van der Waals surface area (Å²) in [5.74, 6) is 0.162. The van der Waals surface area contributed by atoms with E-state index in [9.17, 15) is 9.18 Å². The zero-order chi connectivity index (χ0) is 17.7. The quantitative estimate of drug-likeness (QED) is 0.881. The fourth-order valence-electron chi connectivity index (χ4n) is 2.38. The highest BCUT2D eigenvalue weighted by Crippen LogP contribution is 2.31. The highest BCUT2D eigenvalue weighted by atomic mass is 19.1. The van der Waals surface area contributed by atoms with Crippen LogP contribution < -0.4 is 19.5 Å². The van der Waals surface area contributed by atoms with Gasteiger partial charge in [0.2, 0.25) is 0 Å². The van der Waals surface area contributed by atoms with Gasteiger partial charge < -0.3 is 19.5 Å². The van der Waals surface area contributed by atoms with Crippen molar-refractivity contribution in [2.24, 2.45) is 0 Å². The molecule has 2 rings (SSSR count). The summed E-state index contributed by atoms with van der Waals surface area (Å²) in [5, 5.41) is 2.82. The average molecular weight is 333 g/mol. The van der Waals surface area contributed by atoms with E-state index >= 15 is 0 Å². The topological polar surface area (TPSA) is 56.8 Å². The lowest BCUT2D eigenvalue weighted by molar-refractivity contribution is 0.0936. The van der Waals surface area contributed by atoms with E-state index in [0.29, 0.717) is 22.6 Å². The number of benzene rings is 2. The molecule has 128 valence electrons. The maximum atomic E-state index is 13.8. The van der Waals surface area contributed by atoms with Gasteiger partial charge in [0.05, 0.1) is 32.9 Å². The third-order valence-electron chi connectivity index (χ3n) is 3.67. The summed E-state index contributed by atoms with van der Waals surface area (Å²) in [6.45, 7) is 1.77. The molecule has 6 heteroatoms. The van der Waals surface area contributed by atoms with E-state index in [1.165, 1.54) is 33.5 Å². The minimum atomic E-state index is -0.477. The molecule has 1 N–H and O–H groups in total. The molecule has 0 radical (unpaired) electrons. The Morgan fingerprint density at radius 1 is 1.04 bits per heavy atom. The first-order valence-corrected chi connectivity index (χ1v) is 7.37. The second-order valence-corrected chi connectivity index (χ2v) is 5.13. The van der Waals surface area contributed by atoms with Crippen molar-refractivity contribution in [1.29, 1.82) is 0 Å². The predicted octanol–water partition coefficient (Wildman–Crippen LogP) is 3.34. The molecular formula is C18H20FNO4. The fourth-order valence-corrected chi connectivity index (χ4v) is 2.38. The molecule has 0 bridgehead atoms. The smallest absolute Gasteiger partial charge is 0.255 e. The maximum absolute atomic E-state index is 13.8. The van der Waals surface area contributed by atoms with E-state index in [2.05, 4.69) is 5.32 Å². The first kappa shape index (κ1) is 17.6. The Hall–Kier alpha value is -2.76. The Bertz CT molecular complexity index is 733. The first-order chi connectivity index (χ1) is 11.5. The number of nitrogens with one attached hydrogen (secondary N) is 1. The Morgan fingerprint density at radius 3 is 2.33 bits per heavy atom. The van der Waals surface area contributed by atoms with Crippen LogP contribution in [-0.4, -0.2) is 27.2 Å². The van der Waals surface area contributed by atoms with E-state index in [0.717, 1.165) is 0 Å². The van der Waals surface area contributed by atoms with Crippen molar-refractivity contribution in [2.75, 3.05) is 21.3 Å². The molecule has 1 atom stereocenters. The van der Waals surface area contributed by atoms with Crippen LogP contribution in [0.1, 0.15) is 28.9 Å². The molecule has 0 saturated carbocycles. The van der Waals surface area contributed by atoms with Crippen molar-refractivity contribution in [1.82, 2.24) is 5.32 Å². The van der Waals surface area contributed by atoms with Crippen LogP contribution in [0.15, 0.2) is 36.4 Å². The molecule has 5 nitrogen and oxygen atoms in total. The van der Waals surface area contributed by atoms with Gasteiger partial charge in [-0.3, -0.25) is 4.79 Å². The number of carbonyl (C=O) groups is 1. The predicted molar refractivity (Wildman–Crippen MR) is 88.4 cm³/mol.